The van der Waals surface area contributed by atoms with Crippen LogP contribution in [-0.2, 0) is 0 Å². The monoisotopic (exact) mass is 314 g/mol. The smallest absolute Gasteiger partial charge is 0.319 e. The second-order valence-electron chi connectivity index (χ2n) is 6.01. The van der Waals surface area contributed by atoms with Gasteiger partial charge in [0.05, 0.1) is 5.69 Å². The number of hydrogen-bond donors (Lipinski definition) is 1. The number of hydrogen-bond acceptors (Lipinski definition) is 4. The van der Waals surface area contributed by atoms with Crippen molar-refractivity contribution in [2.75, 3.05) is 32.0 Å². The molecule has 0 radical (unpaired) electrons. The molecule has 3 heterocycles. The minimum absolute atomic E-state index is 0.0947. The lowest BCUT2D eigenvalue weighted by atomic mass is 10.2. The van der Waals surface area contributed by atoms with Crippen molar-refractivity contribution in [1.82, 2.24) is 24.6 Å². The summed E-state index contributed by atoms with van der Waals surface area (Å²) in [6, 6.07) is 7.55. The predicted octanol–water partition coefficient (Wildman–Crippen LogP) is 1.74. The highest BCUT2D eigenvalue weighted by atomic mass is 16.2. The number of rotatable bonds is 2. The van der Waals surface area contributed by atoms with Crippen molar-refractivity contribution >= 4 is 11.8 Å². The molecule has 1 N–H and O–H groups in total. The van der Waals surface area contributed by atoms with Crippen LogP contribution in [0.1, 0.15) is 12.6 Å². The normalized spacial score (nSPS) is 18.9. The first-order valence-corrected chi connectivity index (χ1v) is 7.79. The standard InChI is InChI=1S/C16H22N6O/c1-12-10-15(22(19-12)14-6-4-5-7-17-14)18-16(23)21-9-8-20(3)11-13(21)2/h4-7,10,13H,8-9,11H2,1-3H3,(H,18,23)/t13-/m0/s1. The highest BCUT2D eigenvalue weighted by molar-refractivity contribution is 5.89. The third kappa shape index (κ3) is 3.34. The van der Waals surface area contributed by atoms with E-state index in [2.05, 4.69) is 34.3 Å². The predicted molar refractivity (Wildman–Crippen MR) is 88.8 cm³/mol. The third-order valence-corrected chi connectivity index (χ3v) is 4.02. The quantitative estimate of drug-likeness (QED) is 0.917. The van der Waals surface area contributed by atoms with E-state index in [9.17, 15) is 4.79 Å². The lowest BCUT2D eigenvalue weighted by Gasteiger charge is -2.38. The first-order chi connectivity index (χ1) is 11.0. The molecule has 2 aromatic rings. The molecule has 2 amide bonds. The molecule has 0 unspecified atom stereocenters. The van der Waals surface area contributed by atoms with Gasteiger partial charge >= 0.3 is 6.03 Å². The summed E-state index contributed by atoms with van der Waals surface area (Å²) in [5.41, 5.74) is 0.831. The SMILES string of the molecule is Cc1cc(NC(=O)N2CCN(C)C[C@@H]2C)n(-c2ccccn2)n1. The van der Waals surface area contributed by atoms with E-state index in [-0.39, 0.29) is 12.1 Å². The van der Waals surface area contributed by atoms with Crippen LogP contribution in [0.4, 0.5) is 10.6 Å². The van der Waals surface area contributed by atoms with Gasteiger partial charge in [0.1, 0.15) is 5.82 Å². The number of likely N-dealkylation sites (N-methyl/N-ethyl adjacent to an activating group) is 1. The molecule has 122 valence electrons. The van der Waals surface area contributed by atoms with Crippen molar-refractivity contribution in [2.45, 2.75) is 19.9 Å². The number of aryl methyl sites for hydroxylation is 1. The van der Waals surface area contributed by atoms with Crippen molar-refractivity contribution in [2.24, 2.45) is 0 Å². The summed E-state index contributed by atoms with van der Waals surface area (Å²) in [7, 11) is 2.07. The number of nitrogens with zero attached hydrogens (tertiary/aromatic N) is 5. The van der Waals surface area contributed by atoms with Gasteiger partial charge in [-0.15, -0.1) is 0 Å². The fourth-order valence-corrected chi connectivity index (χ4v) is 2.86. The number of carbonyl (C=O) groups excluding carboxylic acids is 1. The van der Waals surface area contributed by atoms with Crippen molar-refractivity contribution < 1.29 is 4.79 Å². The average Bonchev–Trinajstić information content (AvgIpc) is 2.88. The number of amides is 2. The van der Waals surface area contributed by atoms with Crippen LogP contribution in [0.3, 0.4) is 0 Å². The van der Waals surface area contributed by atoms with Gasteiger partial charge in [-0.2, -0.15) is 9.78 Å². The van der Waals surface area contributed by atoms with Crippen LogP contribution in [0.2, 0.25) is 0 Å². The van der Waals surface area contributed by atoms with Crippen LogP contribution in [0, 0.1) is 6.92 Å². The van der Waals surface area contributed by atoms with E-state index in [0.717, 1.165) is 25.3 Å². The van der Waals surface area contributed by atoms with Gasteiger partial charge in [0.15, 0.2) is 5.82 Å². The summed E-state index contributed by atoms with van der Waals surface area (Å²) in [6.45, 7) is 6.45. The highest BCUT2D eigenvalue weighted by Crippen LogP contribution is 2.17. The third-order valence-electron chi connectivity index (χ3n) is 4.02. The van der Waals surface area contributed by atoms with Gasteiger partial charge in [0.25, 0.3) is 0 Å². The summed E-state index contributed by atoms with van der Waals surface area (Å²) in [5, 5.41) is 7.40. The van der Waals surface area contributed by atoms with Crippen molar-refractivity contribution in [3.05, 3.63) is 36.2 Å². The molecular formula is C16H22N6O. The van der Waals surface area contributed by atoms with E-state index in [4.69, 9.17) is 0 Å². The van der Waals surface area contributed by atoms with Gasteiger partial charge in [0, 0.05) is 37.9 Å². The van der Waals surface area contributed by atoms with Gasteiger partial charge in [-0.25, -0.2) is 9.78 Å². The molecule has 1 aliphatic heterocycles. The largest absolute Gasteiger partial charge is 0.323 e. The molecule has 3 rings (SSSR count). The molecule has 1 fully saturated rings. The van der Waals surface area contributed by atoms with Gasteiger partial charge in [-0.1, -0.05) is 6.07 Å². The highest BCUT2D eigenvalue weighted by Gasteiger charge is 2.26. The summed E-state index contributed by atoms with van der Waals surface area (Å²) in [5.74, 6) is 1.32. The fourth-order valence-electron chi connectivity index (χ4n) is 2.86. The Hall–Kier alpha value is -2.41. The van der Waals surface area contributed by atoms with E-state index >= 15 is 0 Å². The van der Waals surface area contributed by atoms with Crippen molar-refractivity contribution in [3.8, 4) is 5.82 Å². The molecule has 1 saturated heterocycles. The van der Waals surface area contributed by atoms with E-state index in [0.29, 0.717) is 11.6 Å². The molecule has 7 nitrogen and oxygen atoms in total. The van der Waals surface area contributed by atoms with Crippen LogP contribution in [-0.4, -0.2) is 63.3 Å². The maximum atomic E-state index is 12.6. The molecule has 7 heteroatoms. The lowest BCUT2D eigenvalue weighted by molar-refractivity contribution is 0.125. The van der Waals surface area contributed by atoms with Crippen LogP contribution >= 0.6 is 0 Å². The van der Waals surface area contributed by atoms with Crippen LogP contribution in [0.15, 0.2) is 30.5 Å². The van der Waals surface area contributed by atoms with E-state index in [1.165, 1.54) is 0 Å². The van der Waals surface area contributed by atoms with Crippen molar-refractivity contribution in [1.29, 1.82) is 0 Å². The van der Waals surface area contributed by atoms with E-state index in [1.54, 1.807) is 10.9 Å². The second kappa shape index (κ2) is 6.37. The number of urea groups is 1. The number of carbonyl (C=O) groups is 1. The fraction of sp³-hybridized carbons (Fsp3) is 0.438. The zero-order chi connectivity index (χ0) is 16.4. The Kier molecular flexibility index (Phi) is 4.29. The summed E-state index contributed by atoms with van der Waals surface area (Å²) < 4.78 is 1.66. The Balaban J connectivity index is 1.79. The Labute approximate surface area is 135 Å². The first-order valence-electron chi connectivity index (χ1n) is 7.79. The van der Waals surface area contributed by atoms with Crippen LogP contribution in [0.5, 0.6) is 0 Å². The zero-order valence-electron chi connectivity index (χ0n) is 13.7. The van der Waals surface area contributed by atoms with Gasteiger partial charge in [0.2, 0.25) is 0 Å². The summed E-state index contributed by atoms with van der Waals surface area (Å²) in [4.78, 5) is 21.0. The number of aromatic nitrogens is 3. The minimum Gasteiger partial charge on any atom is -0.319 e. The number of pyridine rings is 1. The molecule has 0 bridgehead atoms. The van der Waals surface area contributed by atoms with Gasteiger partial charge in [-0.05, 0) is 33.0 Å². The minimum atomic E-state index is -0.0947. The van der Waals surface area contributed by atoms with Crippen LogP contribution < -0.4 is 5.32 Å². The molecule has 0 spiro atoms. The topological polar surface area (TPSA) is 66.3 Å². The van der Waals surface area contributed by atoms with Crippen molar-refractivity contribution in [3.63, 3.8) is 0 Å². The van der Waals surface area contributed by atoms with Crippen LogP contribution in [0.25, 0.3) is 5.82 Å². The summed E-state index contributed by atoms with van der Waals surface area (Å²) in [6.07, 6.45) is 1.71. The number of nitrogens with one attached hydrogen (secondary N) is 1. The molecule has 1 atom stereocenters. The molecule has 0 aliphatic carbocycles. The van der Waals surface area contributed by atoms with E-state index in [1.807, 2.05) is 36.1 Å². The lowest BCUT2D eigenvalue weighted by Crippen LogP contribution is -2.54. The molecule has 2 aromatic heterocycles. The number of piperazine rings is 1. The molecule has 23 heavy (non-hydrogen) atoms. The maximum Gasteiger partial charge on any atom is 0.323 e. The Morgan fingerprint density at radius 2 is 2.17 bits per heavy atom. The average molecular weight is 314 g/mol. The maximum absolute atomic E-state index is 12.6. The Morgan fingerprint density at radius 1 is 1.35 bits per heavy atom. The molecule has 1 aliphatic rings. The zero-order valence-corrected chi connectivity index (χ0v) is 13.7. The molecule has 0 aromatic carbocycles. The summed E-state index contributed by atoms with van der Waals surface area (Å²) >= 11 is 0. The molecular weight excluding hydrogens is 292 g/mol. The second-order valence-corrected chi connectivity index (χ2v) is 6.01. The molecule has 0 saturated carbocycles. The van der Waals surface area contributed by atoms with E-state index < -0.39 is 0 Å². The number of anilines is 1. The first kappa shape index (κ1) is 15.5. The van der Waals surface area contributed by atoms with Gasteiger partial charge in [-0.3, -0.25) is 5.32 Å². The Bertz CT molecular complexity index is 683. The van der Waals surface area contributed by atoms with Gasteiger partial charge < -0.3 is 9.80 Å². The Morgan fingerprint density at radius 3 is 2.87 bits per heavy atom.